The first-order valence-electron chi connectivity index (χ1n) is 4.04. The molecule has 0 aliphatic heterocycles. The molecule has 0 saturated heterocycles. The lowest BCUT2D eigenvalue weighted by Crippen LogP contribution is -2.10. The Labute approximate surface area is 99.0 Å². The van der Waals surface area contributed by atoms with Gasteiger partial charge in [-0.1, -0.05) is 0 Å². The van der Waals surface area contributed by atoms with Crippen LogP contribution in [0, 0.1) is 3.57 Å². The molecule has 0 amide bonds. The van der Waals surface area contributed by atoms with Gasteiger partial charge in [0.25, 0.3) is 6.43 Å². The number of rotatable bonds is 3. The molecule has 1 aromatic heterocycles. The Kier molecular flexibility index (Phi) is 4.37. The summed E-state index contributed by atoms with van der Waals surface area (Å²) in [5, 5.41) is 0. The first-order valence-corrected chi connectivity index (χ1v) is 5.12. The minimum atomic E-state index is -2.63. The van der Waals surface area contributed by atoms with Crippen LogP contribution in [0.3, 0.4) is 0 Å². The monoisotopic (exact) mass is 327 g/mol. The number of halogens is 3. The van der Waals surface area contributed by atoms with Crippen molar-refractivity contribution in [3.63, 3.8) is 0 Å². The maximum atomic E-state index is 12.6. The molecule has 1 rings (SSSR count). The summed E-state index contributed by atoms with van der Waals surface area (Å²) in [5.41, 5.74) is -0.118. The normalized spacial score (nSPS) is 10.5. The van der Waals surface area contributed by atoms with Gasteiger partial charge in [-0.2, -0.15) is 0 Å². The second-order valence-corrected chi connectivity index (χ2v) is 3.87. The van der Waals surface area contributed by atoms with Crippen molar-refractivity contribution in [1.29, 1.82) is 0 Å². The maximum absolute atomic E-state index is 12.6. The van der Waals surface area contributed by atoms with Gasteiger partial charge in [0.2, 0.25) is 0 Å². The third-order valence-corrected chi connectivity index (χ3v) is 2.72. The molecule has 0 aliphatic carbocycles. The van der Waals surface area contributed by atoms with Gasteiger partial charge in [0.15, 0.2) is 0 Å². The molecule has 0 bridgehead atoms. The summed E-state index contributed by atoms with van der Waals surface area (Å²) in [6, 6.07) is 1.48. The van der Waals surface area contributed by atoms with Crippen molar-refractivity contribution in [2.75, 3.05) is 7.11 Å². The van der Waals surface area contributed by atoms with Crippen LogP contribution in [0.5, 0.6) is 0 Å². The lowest BCUT2D eigenvalue weighted by Gasteiger charge is -2.08. The van der Waals surface area contributed by atoms with Crippen molar-refractivity contribution in [3.8, 4) is 0 Å². The number of carbonyl (C=O) groups is 1. The van der Waals surface area contributed by atoms with Gasteiger partial charge in [-0.25, -0.2) is 8.78 Å². The molecule has 6 heteroatoms. The lowest BCUT2D eigenvalue weighted by molar-refractivity contribution is -0.139. The van der Waals surface area contributed by atoms with Crippen LogP contribution >= 0.6 is 22.6 Å². The third-order valence-electron chi connectivity index (χ3n) is 1.78. The number of ether oxygens (including phenoxy) is 1. The molecule has 0 spiro atoms. The molecule has 0 saturated carbocycles. The van der Waals surface area contributed by atoms with Gasteiger partial charge in [-0.15, -0.1) is 0 Å². The Balaban J connectivity index is 3.06. The number of hydrogen-bond donors (Lipinski definition) is 0. The van der Waals surface area contributed by atoms with Gasteiger partial charge in [0.1, 0.15) is 0 Å². The largest absolute Gasteiger partial charge is 0.469 e. The number of alkyl halides is 2. The van der Waals surface area contributed by atoms with Crippen LogP contribution in [-0.4, -0.2) is 18.1 Å². The Bertz CT molecular complexity index is 371. The van der Waals surface area contributed by atoms with Crippen molar-refractivity contribution in [3.05, 3.63) is 27.1 Å². The molecule has 15 heavy (non-hydrogen) atoms. The second kappa shape index (κ2) is 5.34. The van der Waals surface area contributed by atoms with Crippen LogP contribution in [0.1, 0.15) is 17.7 Å². The van der Waals surface area contributed by atoms with Crippen molar-refractivity contribution in [2.24, 2.45) is 0 Å². The van der Waals surface area contributed by atoms with E-state index in [-0.39, 0.29) is 17.7 Å². The van der Waals surface area contributed by atoms with Gasteiger partial charge in [-0.3, -0.25) is 9.78 Å². The Morgan fingerprint density at radius 2 is 2.33 bits per heavy atom. The number of esters is 1. The number of hydrogen-bond acceptors (Lipinski definition) is 3. The summed E-state index contributed by atoms with van der Waals surface area (Å²) in [5.74, 6) is -0.577. The summed E-state index contributed by atoms with van der Waals surface area (Å²) in [6.07, 6.45) is -1.47. The van der Waals surface area contributed by atoms with E-state index in [1.165, 1.54) is 19.4 Å². The average molecular weight is 327 g/mol. The van der Waals surface area contributed by atoms with E-state index in [9.17, 15) is 13.6 Å². The highest BCUT2D eigenvalue weighted by Crippen LogP contribution is 2.26. The summed E-state index contributed by atoms with van der Waals surface area (Å²) >= 11 is 1.79. The van der Waals surface area contributed by atoms with E-state index in [0.29, 0.717) is 3.57 Å². The molecule has 1 heterocycles. The van der Waals surface area contributed by atoms with Gasteiger partial charge >= 0.3 is 5.97 Å². The molecular weight excluding hydrogens is 319 g/mol. The fraction of sp³-hybridized carbons (Fsp3) is 0.333. The van der Waals surface area contributed by atoms with Crippen LogP contribution in [0.15, 0.2) is 12.3 Å². The number of carbonyl (C=O) groups excluding carboxylic acids is 1. The number of pyridine rings is 1. The highest BCUT2D eigenvalue weighted by atomic mass is 127. The SMILES string of the molecule is COC(=O)Cc1nccc(I)c1C(F)F. The van der Waals surface area contributed by atoms with Crippen LogP contribution in [0.4, 0.5) is 8.78 Å². The zero-order valence-corrected chi connectivity index (χ0v) is 9.99. The minimum absolute atomic E-state index is 0.0729. The van der Waals surface area contributed by atoms with Crippen LogP contribution in [-0.2, 0) is 16.0 Å². The molecule has 1 aromatic rings. The minimum Gasteiger partial charge on any atom is -0.469 e. The smallest absolute Gasteiger partial charge is 0.311 e. The third kappa shape index (κ3) is 3.08. The topological polar surface area (TPSA) is 39.2 Å². The van der Waals surface area contributed by atoms with Crippen molar-refractivity contribution >= 4 is 28.6 Å². The second-order valence-electron chi connectivity index (χ2n) is 2.71. The summed E-state index contributed by atoms with van der Waals surface area (Å²) in [7, 11) is 1.21. The Hall–Kier alpha value is -0.790. The quantitative estimate of drug-likeness (QED) is 0.632. The summed E-state index contributed by atoms with van der Waals surface area (Å²) in [4.78, 5) is 14.7. The van der Waals surface area contributed by atoms with Crippen LogP contribution < -0.4 is 0 Å². The van der Waals surface area contributed by atoms with Crippen LogP contribution in [0.2, 0.25) is 0 Å². The van der Waals surface area contributed by atoms with Gasteiger partial charge < -0.3 is 4.74 Å². The Morgan fingerprint density at radius 1 is 1.67 bits per heavy atom. The predicted octanol–water partition coefficient (Wildman–Crippen LogP) is 2.34. The number of nitrogens with zero attached hydrogens (tertiary/aromatic N) is 1. The molecule has 3 nitrogen and oxygen atoms in total. The molecule has 82 valence electrons. The Morgan fingerprint density at radius 3 is 2.87 bits per heavy atom. The summed E-state index contributed by atoms with van der Waals surface area (Å²) < 4.78 is 30.1. The van der Waals surface area contributed by atoms with Gasteiger partial charge in [0.05, 0.1) is 24.8 Å². The van der Waals surface area contributed by atoms with Gasteiger partial charge in [-0.05, 0) is 28.7 Å². The van der Waals surface area contributed by atoms with E-state index in [1.807, 2.05) is 0 Å². The molecule has 0 fully saturated rings. The lowest BCUT2D eigenvalue weighted by atomic mass is 10.1. The highest BCUT2D eigenvalue weighted by molar-refractivity contribution is 14.1. The molecule has 0 unspecified atom stereocenters. The maximum Gasteiger partial charge on any atom is 0.311 e. The van der Waals surface area contributed by atoms with E-state index in [1.54, 1.807) is 22.6 Å². The molecular formula is C9H8F2INO2. The standard InChI is InChI=1S/C9H8F2INO2/c1-15-7(14)4-6-8(9(10)11)5(12)2-3-13-6/h2-3,9H,4H2,1H3. The first-order chi connectivity index (χ1) is 7.06. The zero-order chi connectivity index (χ0) is 11.4. The van der Waals surface area contributed by atoms with Gasteiger partial charge in [0, 0.05) is 9.77 Å². The molecule has 0 aromatic carbocycles. The molecule has 0 aliphatic rings. The average Bonchev–Trinajstić information content (AvgIpc) is 2.17. The zero-order valence-electron chi connectivity index (χ0n) is 7.84. The van der Waals surface area contributed by atoms with Crippen molar-refractivity contribution in [2.45, 2.75) is 12.8 Å². The molecule has 0 radical (unpaired) electrons. The van der Waals surface area contributed by atoms with E-state index in [4.69, 9.17) is 0 Å². The van der Waals surface area contributed by atoms with E-state index in [0.717, 1.165) is 0 Å². The fourth-order valence-corrected chi connectivity index (χ4v) is 1.78. The number of methoxy groups -OCH3 is 1. The number of aromatic nitrogens is 1. The summed E-state index contributed by atoms with van der Waals surface area (Å²) in [6.45, 7) is 0. The van der Waals surface area contributed by atoms with E-state index < -0.39 is 12.4 Å². The van der Waals surface area contributed by atoms with E-state index >= 15 is 0 Å². The fourth-order valence-electron chi connectivity index (χ4n) is 1.07. The first kappa shape index (κ1) is 12.3. The molecule has 0 N–H and O–H groups in total. The highest BCUT2D eigenvalue weighted by Gasteiger charge is 2.19. The van der Waals surface area contributed by atoms with Crippen molar-refractivity contribution in [1.82, 2.24) is 4.98 Å². The van der Waals surface area contributed by atoms with E-state index in [2.05, 4.69) is 9.72 Å². The molecule has 0 atom stereocenters. The predicted molar refractivity (Wildman–Crippen MR) is 57.6 cm³/mol. The van der Waals surface area contributed by atoms with Crippen LogP contribution in [0.25, 0.3) is 0 Å². The van der Waals surface area contributed by atoms with Crippen molar-refractivity contribution < 1.29 is 18.3 Å².